The number of nitrogens with one attached hydrogen (secondary N) is 1. The minimum atomic E-state index is -0.956. The van der Waals surface area contributed by atoms with Crippen LogP contribution in [0.15, 0.2) is 48.5 Å². The van der Waals surface area contributed by atoms with Crippen LogP contribution in [0.25, 0.3) is 11.1 Å². The average Bonchev–Trinajstić information content (AvgIpc) is 3.16. The first kappa shape index (κ1) is 24.7. The van der Waals surface area contributed by atoms with Crippen LogP contribution in [-0.4, -0.2) is 66.9 Å². The Balaban J connectivity index is 1.41. The third-order valence-electron chi connectivity index (χ3n) is 7.05. The van der Waals surface area contributed by atoms with Gasteiger partial charge in [-0.05, 0) is 35.1 Å². The van der Waals surface area contributed by atoms with Crippen molar-refractivity contribution in [3.63, 3.8) is 0 Å². The molecule has 1 saturated heterocycles. The molecule has 0 spiro atoms. The van der Waals surface area contributed by atoms with E-state index in [1.165, 1.54) is 4.90 Å². The monoisotopic (exact) mass is 480 g/mol. The zero-order valence-corrected chi connectivity index (χ0v) is 20.2. The van der Waals surface area contributed by atoms with E-state index in [1.54, 1.807) is 14.0 Å². The van der Waals surface area contributed by atoms with Crippen LogP contribution >= 0.6 is 0 Å². The fourth-order valence-corrected chi connectivity index (χ4v) is 4.97. The second kappa shape index (κ2) is 10.5. The molecule has 2 aromatic carbocycles. The second-order valence-electron chi connectivity index (χ2n) is 9.53. The van der Waals surface area contributed by atoms with Crippen LogP contribution in [-0.2, 0) is 19.1 Å². The molecule has 1 fully saturated rings. The summed E-state index contributed by atoms with van der Waals surface area (Å²) < 4.78 is 11.2. The van der Waals surface area contributed by atoms with Crippen LogP contribution in [0.2, 0.25) is 0 Å². The van der Waals surface area contributed by atoms with Gasteiger partial charge in [0.05, 0.1) is 17.9 Å². The molecule has 8 nitrogen and oxygen atoms in total. The molecular weight excluding hydrogens is 448 g/mol. The Hall–Kier alpha value is -3.39. The summed E-state index contributed by atoms with van der Waals surface area (Å²) in [5.74, 6) is -1.91. The van der Waals surface area contributed by atoms with Crippen molar-refractivity contribution < 1.29 is 29.0 Å². The Morgan fingerprint density at radius 1 is 1.09 bits per heavy atom. The standard InChI is InChI=1S/C27H32N2O6/c1-18(25(31)32)16-29(2)24(30)15-27(11-13-34-14-12-27)28-26(33)35-17-23-21-9-5-3-7-19(21)20-8-4-6-10-22(20)23/h3-10,18,23H,11-17H2,1-2H3,(H,28,33)(H,31,32). The molecule has 1 aliphatic heterocycles. The molecule has 35 heavy (non-hydrogen) atoms. The first-order chi connectivity index (χ1) is 16.8. The van der Waals surface area contributed by atoms with E-state index >= 15 is 0 Å². The van der Waals surface area contributed by atoms with Crippen molar-refractivity contribution in [3.05, 3.63) is 59.7 Å². The topological polar surface area (TPSA) is 105 Å². The highest BCUT2D eigenvalue weighted by molar-refractivity contribution is 5.80. The van der Waals surface area contributed by atoms with Crippen LogP contribution < -0.4 is 5.32 Å². The van der Waals surface area contributed by atoms with E-state index in [2.05, 4.69) is 29.6 Å². The van der Waals surface area contributed by atoms with Gasteiger partial charge in [-0.25, -0.2) is 4.79 Å². The first-order valence-electron chi connectivity index (χ1n) is 12.0. The van der Waals surface area contributed by atoms with Gasteiger partial charge < -0.3 is 24.8 Å². The number of hydrogen-bond donors (Lipinski definition) is 2. The molecule has 1 unspecified atom stereocenters. The van der Waals surface area contributed by atoms with E-state index in [9.17, 15) is 14.4 Å². The van der Waals surface area contributed by atoms with Crippen molar-refractivity contribution in [3.8, 4) is 11.1 Å². The van der Waals surface area contributed by atoms with E-state index in [4.69, 9.17) is 14.6 Å². The Morgan fingerprint density at radius 3 is 2.23 bits per heavy atom. The normalized spacial score (nSPS) is 17.1. The molecule has 1 aliphatic carbocycles. The molecule has 2 aliphatic rings. The van der Waals surface area contributed by atoms with E-state index in [1.807, 2.05) is 24.3 Å². The van der Waals surface area contributed by atoms with Crippen molar-refractivity contribution in [1.82, 2.24) is 10.2 Å². The van der Waals surface area contributed by atoms with Crippen molar-refractivity contribution in [1.29, 1.82) is 0 Å². The molecule has 186 valence electrons. The highest BCUT2D eigenvalue weighted by atomic mass is 16.5. The third kappa shape index (κ3) is 5.48. The first-order valence-corrected chi connectivity index (χ1v) is 12.0. The lowest BCUT2D eigenvalue weighted by Gasteiger charge is -2.38. The Bertz CT molecular complexity index is 1050. The fraction of sp³-hybridized carbons (Fsp3) is 0.444. The molecule has 2 N–H and O–H groups in total. The molecule has 0 saturated carbocycles. The number of benzene rings is 2. The van der Waals surface area contributed by atoms with Crippen molar-refractivity contribution in [2.75, 3.05) is 33.4 Å². The maximum absolute atomic E-state index is 12.9. The van der Waals surface area contributed by atoms with Crippen molar-refractivity contribution >= 4 is 18.0 Å². The average molecular weight is 481 g/mol. The van der Waals surface area contributed by atoms with Gasteiger partial charge >= 0.3 is 12.1 Å². The van der Waals surface area contributed by atoms with E-state index < -0.39 is 23.5 Å². The van der Waals surface area contributed by atoms with Gasteiger partial charge in [0.25, 0.3) is 0 Å². The molecule has 2 aromatic rings. The molecule has 8 heteroatoms. The summed E-state index contributed by atoms with van der Waals surface area (Å²) in [7, 11) is 1.59. The number of ether oxygens (including phenoxy) is 2. The Labute approximate surface area is 205 Å². The summed E-state index contributed by atoms with van der Waals surface area (Å²) >= 11 is 0. The molecular formula is C27H32N2O6. The number of carboxylic acids is 1. The van der Waals surface area contributed by atoms with E-state index in [0.29, 0.717) is 26.1 Å². The maximum Gasteiger partial charge on any atom is 0.407 e. The summed E-state index contributed by atoms with van der Waals surface area (Å²) in [6.45, 7) is 2.70. The molecule has 1 heterocycles. The van der Waals surface area contributed by atoms with Gasteiger partial charge in [-0.15, -0.1) is 0 Å². The lowest BCUT2D eigenvalue weighted by atomic mass is 9.86. The number of carboxylic acid groups (broad SMARTS) is 1. The number of alkyl carbamates (subject to hydrolysis) is 1. The lowest BCUT2D eigenvalue weighted by Crippen LogP contribution is -2.55. The van der Waals surface area contributed by atoms with Crippen LogP contribution in [0.4, 0.5) is 4.79 Å². The maximum atomic E-state index is 12.9. The van der Waals surface area contributed by atoms with Gasteiger partial charge in [0.2, 0.25) is 5.91 Å². The second-order valence-corrected chi connectivity index (χ2v) is 9.53. The molecule has 0 radical (unpaired) electrons. The quantitative estimate of drug-likeness (QED) is 0.598. The van der Waals surface area contributed by atoms with Gasteiger partial charge in [0, 0.05) is 32.7 Å². The van der Waals surface area contributed by atoms with Gasteiger partial charge in [0.15, 0.2) is 0 Å². The van der Waals surface area contributed by atoms with Crippen molar-refractivity contribution in [2.45, 2.75) is 37.6 Å². The number of aliphatic carboxylic acids is 1. The number of nitrogens with zero attached hydrogens (tertiary/aromatic N) is 1. The van der Waals surface area contributed by atoms with Crippen LogP contribution in [0.5, 0.6) is 0 Å². The van der Waals surface area contributed by atoms with E-state index in [-0.39, 0.29) is 31.4 Å². The number of fused-ring (bicyclic) bond motifs is 3. The zero-order chi connectivity index (χ0) is 25.0. The highest BCUT2D eigenvalue weighted by Crippen LogP contribution is 2.44. The third-order valence-corrected chi connectivity index (χ3v) is 7.05. The smallest absolute Gasteiger partial charge is 0.407 e. The Morgan fingerprint density at radius 2 is 1.66 bits per heavy atom. The zero-order valence-electron chi connectivity index (χ0n) is 20.2. The predicted molar refractivity (Wildman–Crippen MR) is 130 cm³/mol. The predicted octanol–water partition coefficient (Wildman–Crippen LogP) is 3.64. The molecule has 0 bridgehead atoms. The largest absolute Gasteiger partial charge is 0.481 e. The van der Waals surface area contributed by atoms with Crippen molar-refractivity contribution in [2.24, 2.45) is 5.92 Å². The molecule has 2 amide bonds. The number of rotatable bonds is 8. The fourth-order valence-electron chi connectivity index (χ4n) is 4.97. The highest BCUT2D eigenvalue weighted by Gasteiger charge is 2.38. The van der Waals surface area contributed by atoms with Crippen LogP contribution in [0, 0.1) is 5.92 Å². The number of carbonyl (C=O) groups excluding carboxylic acids is 2. The summed E-state index contributed by atoms with van der Waals surface area (Å²) in [6, 6.07) is 16.3. The number of carbonyl (C=O) groups is 3. The summed E-state index contributed by atoms with van der Waals surface area (Å²) in [6.07, 6.45) is 0.447. The molecule has 1 atom stereocenters. The summed E-state index contributed by atoms with van der Waals surface area (Å²) in [4.78, 5) is 38.4. The van der Waals surface area contributed by atoms with Crippen LogP contribution in [0.3, 0.4) is 0 Å². The number of hydrogen-bond acceptors (Lipinski definition) is 5. The summed E-state index contributed by atoms with van der Waals surface area (Å²) in [5, 5.41) is 12.1. The molecule has 4 rings (SSSR count). The van der Waals surface area contributed by atoms with Gasteiger partial charge in [-0.2, -0.15) is 0 Å². The van der Waals surface area contributed by atoms with Gasteiger partial charge in [0.1, 0.15) is 6.61 Å². The lowest BCUT2D eigenvalue weighted by molar-refractivity contribution is -0.143. The van der Waals surface area contributed by atoms with Gasteiger partial charge in [-0.1, -0.05) is 55.5 Å². The van der Waals surface area contributed by atoms with Gasteiger partial charge in [-0.3, -0.25) is 9.59 Å². The van der Waals surface area contributed by atoms with E-state index in [0.717, 1.165) is 22.3 Å². The molecule has 0 aromatic heterocycles. The number of amides is 2. The Kier molecular flexibility index (Phi) is 7.40. The minimum Gasteiger partial charge on any atom is -0.481 e. The SMILES string of the molecule is CC(CN(C)C(=O)CC1(NC(=O)OCC2c3ccccc3-c3ccccc32)CCOCC1)C(=O)O. The van der Waals surface area contributed by atoms with Crippen LogP contribution in [0.1, 0.15) is 43.2 Å². The minimum absolute atomic E-state index is 0.0518. The summed E-state index contributed by atoms with van der Waals surface area (Å²) in [5.41, 5.74) is 3.78.